The minimum Gasteiger partial charge on any atom is -0.376 e. The van der Waals surface area contributed by atoms with Gasteiger partial charge in [-0.05, 0) is 24.8 Å². The summed E-state index contributed by atoms with van der Waals surface area (Å²) in [6, 6.07) is 9.98. The molecule has 5 nitrogen and oxygen atoms in total. The standard InChI is InChI=1S/C20H31F3N4O.HI/c1-3-24-19(26-18-9-10-27(12-18)15-20(21,22)23)25-11-16(2)13-28-14-17-7-5-4-6-8-17;/h4-8,16,18H,3,9-15H2,1-2H3,(H2,24,25,26);1H. The van der Waals surface area contributed by atoms with Gasteiger partial charge in [0.1, 0.15) is 0 Å². The van der Waals surface area contributed by atoms with Crippen molar-refractivity contribution in [1.29, 1.82) is 0 Å². The van der Waals surface area contributed by atoms with Crippen LogP contribution in [0.15, 0.2) is 35.3 Å². The van der Waals surface area contributed by atoms with E-state index in [-0.39, 0.29) is 35.9 Å². The van der Waals surface area contributed by atoms with E-state index in [1.165, 1.54) is 4.90 Å². The van der Waals surface area contributed by atoms with E-state index in [2.05, 4.69) is 22.5 Å². The first-order valence-corrected chi connectivity index (χ1v) is 9.81. The second-order valence-electron chi connectivity index (χ2n) is 7.31. The summed E-state index contributed by atoms with van der Waals surface area (Å²) in [5, 5.41) is 6.43. The largest absolute Gasteiger partial charge is 0.401 e. The van der Waals surface area contributed by atoms with Gasteiger partial charge >= 0.3 is 6.18 Å². The van der Waals surface area contributed by atoms with Gasteiger partial charge in [-0.1, -0.05) is 37.3 Å². The molecule has 1 aliphatic heterocycles. The minimum absolute atomic E-state index is 0. The fourth-order valence-electron chi connectivity index (χ4n) is 3.11. The van der Waals surface area contributed by atoms with E-state index in [0.717, 1.165) is 5.56 Å². The number of guanidine groups is 1. The van der Waals surface area contributed by atoms with E-state index in [1.54, 1.807) is 0 Å². The molecule has 29 heavy (non-hydrogen) atoms. The number of benzene rings is 1. The quantitative estimate of drug-likeness (QED) is 0.292. The van der Waals surface area contributed by atoms with Crippen LogP contribution in [-0.2, 0) is 11.3 Å². The summed E-state index contributed by atoms with van der Waals surface area (Å²) in [5.41, 5.74) is 1.14. The minimum atomic E-state index is -4.15. The van der Waals surface area contributed by atoms with Gasteiger partial charge in [0.15, 0.2) is 5.96 Å². The highest BCUT2D eigenvalue weighted by molar-refractivity contribution is 14.0. The van der Waals surface area contributed by atoms with Gasteiger partial charge in [0.2, 0.25) is 0 Å². The number of nitrogens with one attached hydrogen (secondary N) is 2. The van der Waals surface area contributed by atoms with Crippen molar-refractivity contribution in [2.45, 2.75) is 39.1 Å². The van der Waals surface area contributed by atoms with Crippen LogP contribution < -0.4 is 10.6 Å². The molecule has 0 aliphatic carbocycles. The van der Waals surface area contributed by atoms with Crippen molar-refractivity contribution < 1.29 is 17.9 Å². The highest BCUT2D eigenvalue weighted by Crippen LogP contribution is 2.19. The number of likely N-dealkylation sites (tertiary alicyclic amines) is 1. The lowest BCUT2D eigenvalue weighted by Crippen LogP contribution is -2.45. The molecule has 9 heteroatoms. The zero-order valence-corrected chi connectivity index (χ0v) is 19.4. The second-order valence-corrected chi connectivity index (χ2v) is 7.31. The molecular formula is C20H32F3IN4O. The van der Waals surface area contributed by atoms with E-state index in [0.29, 0.717) is 51.8 Å². The molecule has 1 aromatic carbocycles. The number of ether oxygens (including phenoxy) is 1. The first kappa shape index (κ1) is 26.0. The number of hydrogen-bond acceptors (Lipinski definition) is 3. The molecule has 2 unspecified atom stereocenters. The van der Waals surface area contributed by atoms with Gasteiger partial charge in [0.05, 0.1) is 19.8 Å². The van der Waals surface area contributed by atoms with Crippen molar-refractivity contribution in [2.75, 3.05) is 39.3 Å². The third-order valence-corrected chi connectivity index (χ3v) is 4.44. The normalized spacial score (nSPS) is 18.9. The predicted molar refractivity (Wildman–Crippen MR) is 121 cm³/mol. The molecule has 2 atom stereocenters. The lowest BCUT2D eigenvalue weighted by molar-refractivity contribution is -0.143. The summed E-state index contributed by atoms with van der Waals surface area (Å²) in [4.78, 5) is 6.01. The Morgan fingerprint density at radius 2 is 2.03 bits per heavy atom. The maximum Gasteiger partial charge on any atom is 0.401 e. The van der Waals surface area contributed by atoms with Crippen molar-refractivity contribution >= 4 is 29.9 Å². The molecule has 0 bridgehead atoms. The van der Waals surface area contributed by atoms with Crippen LogP contribution in [0.3, 0.4) is 0 Å². The molecule has 0 radical (unpaired) electrons. The zero-order valence-electron chi connectivity index (χ0n) is 17.0. The molecule has 166 valence electrons. The van der Waals surface area contributed by atoms with Crippen molar-refractivity contribution in [3.8, 4) is 0 Å². The molecule has 1 aromatic rings. The average molecular weight is 528 g/mol. The van der Waals surface area contributed by atoms with E-state index in [9.17, 15) is 13.2 Å². The predicted octanol–water partition coefficient (Wildman–Crippen LogP) is 3.65. The maximum atomic E-state index is 12.5. The van der Waals surface area contributed by atoms with E-state index < -0.39 is 12.7 Å². The SMILES string of the molecule is CCNC(=NCC(C)COCc1ccccc1)NC1CCN(CC(F)(F)F)C1.I. The molecule has 1 heterocycles. The first-order valence-electron chi connectivity index (χ1n) is 9.81. The number of hydrogen-bond donors (Lipinski definition) is 2. The lowest BCUT2D eigenvalue weighted by atomic mass is 10.2. The number of rotatable bonds is 9. The van der Waals surface area contributed by atoms with Crippen LogP contribution in [0.5, 0.6) is 0 Å². The molecule has 2 rings (SSSR count). The fraction of sp³-hybridized carbons (Fsp3) is 0.650. The second kappa shape index (κ2) is 13.3. The smallest absolute Gasteiger partial charge is 0.376 e. The summed E-state index contributed by atoms with van der Waals surface area (Å²) < 4.78 is 43.3. The van der Waals surface area contributed by atoms with Crippen molar-refractivity contribution in [2.24, 2.45) is 10.9 Å². The monoisotopic (exact) mass is 528 g/mol. The number of alkyl halides is 3. The van der Waals surface area contributed by atoms with Gasteiger partial charge < -0.3 is 15.4 Å². The third-order valence-electron chi connectivity index (χ3n) is 4.44. The van der Waals surface area contributed by atoms with E-state index >= 15 is 0 Å². The number of halogens is 4. The maximum absolute atomic E-state index is 12.5. The van der Waals surface area contributed by atoms with Crippen molar-refractivity contribution in [1.82, 2.24) is 15.5 Å². The zero-order chi connectivity index (χ0) is 20.4. The molecule has 1 aliphatic rings. The summed E-state index contributed by atoms with van der Waals surface area (Å²) in [6.07, 6.45) is -3.47. The van der Waals surface area contributed by atoms with E-state index in [4.69, 9.17) is 4.74 Å². The Hall–Kier alpha value is -1.07. The van der Waals surface area contributed by atoms with Crippen molar-refractivity contribution in [3.05, 3.63) is 35.9 Å². The molecule has 0 aromatic heterocycles. The van der Waals surface area contributed by atoms with Gasteiger partial charge in [0.25, 0.3) is 0 Å². The average Bonchev–Trinajstić information content (AvgIpc) is 3.06. The number of nitrogens with zero attached hydrogens (tertiary/aromatic N) is 2. The van der Waals surface area contributed by atoms with E-state index in [1.807, 2.05) is 37.3 Å². The van der Waals surface area contributed by atoms with Gasteiger partial charge in [-0.15, -0.1) is 24.0 Å². The van der Waals surface area contributed by atoms with Gasteiger partial charge in [-0.2, -0.15) is 13.2 Å². The van der Waals surface area contributed by atoms with Crippen LogP contribution >= 0.6 is 24.0 Å². The van der Waals surface area contributed by atoms with Crippen LogP contribution in [0.25, 0.3) is 0 Å². The summed E-state index contributed by atoms with van der Waals surface area (Å²) in [5.74, 6) is 0.890. The van der Waals surface area contributed by atoms with Crippen LogP contribution in [0.2, 0.25) is 0 Å². The van der Waals surface area contributed by atoms with Crippen LogP contribution in [0.1, 0.15) is 25.8 Å². The molecule has 0 saturated carbocycles. The van der Waals surface area contributed by atoms with Crippen LogP contribution in [0.4, 0.5) is 13.2 Å². The highest BCUT2D eigenvalue weighted by Gasteiger charge is 2.34. The lowest BCUT2D eigenvalue weighted by Gasteiger charge is -2.20. The highest BCUT2D eigenvalue weighted by atomic mass is 127. The Kier molecular flexibility index (Phi) is 11.9. The fourth-order valence-corrected chi connectivity index (χ4v) is 3.11. The Bertz CT molecular complexity index is 601. The Morgan fingerprint density at radius 1 is 1.31 bits per heavy atom. The Labute approximate surface area is 188 Å². The van der Waals surface area contributed by atoms with Crippen molar-refractivity contribution in [3.63, 3.8) is 0 Å². The van der Waals surface area contributed by atoms with Crippen LogP contribution in [0, 0.1) is 5.92 Å². The molecule has 1 fully saturated rings. The molecule has 1 saturated heterocycles. The Balaban J connectivity index is 0.00000420. The van der Waals surface area contributed by atoms with Gasteiger partial charge in [-0.3, -0.25) is 9.89 Å². The molecule has 0 amide bonds. The molecular weight excluding hydrogens is 496 g/mol. The molecule has 0 spiro atoms. The summed E-state index contributed by atoms with van der Waals surface area (Å²) in [6.45, 7) is 6.46. The summed E-state index contributed by atoms with van der Waals surface area (Å²) >= 11 is 0. The Morgan fingerprint density at radius 3 is 2.69 bits per heavy atom. The first-order chi connectivity index (χ1) is 13.4. The summed E-state index contributed by atoms with van der Waals surface area (Å²) in [7, 11) is 0. The van der Waals surface area contributed by atoms with Gasteiger partial charge in [-0.25, -0.2) is 0 Å². The number of aliphatic imine (C=N–C) groups is 1. The van der Waals surface area contributed by atoms with Crippen LogP contribution in [-0.4, -0.2) is 62.4 Å². The topological polar surface area (TPSA) is 48.9 Å². The van der Waals surface area contributed by atoms with Gasteiger partial charge in [0, 0.05) is 32.2 Å². The third kappa shape index (κ3) is 11.0. The molecule has 2 N–H and O–H groups in total.